The lowest BCUT2D eigenvalue weighted by atomic mass is 10.2. The molecule has 0 unspecified atom stereocenters. The van der Waals surface area contributed by atoms with Crippen LogP contribution >= 0.6 is 0 Å². The zero-order chi connectivity index (χ0) is 18.9. The van der Waals surface area contributed by atoms with Crippen molar-refractivity contribution in [2.45, 2.75) is 18.7 Å². The first-order valence-electron chi connectivity index (χ1n) is 7.91. The molecular weight excluding hydrogens is 356 g/mol. The molecule has 0 bridgehead atoms. The SMILES string of the molecule is CCOc1ncccc1S(=O)(=O)NC(=O)c1ccc2nc(C)n(C)c2c1. The number of pyridine rings is 1. The van der Waals surface area contributed by atoms with Crippen LogP contribution in [0.4, 0.5) is 0 Å². The van der Waals surface area contributed by atoms with Crippen molar-refractivity contribution in [1.29, 1.82) is 0 Å². The van der Waals surface area contributed by atoms with Crippen molar-refractivity contribution in [2.24, 2.45) is 7.05 Å². The topological polar surface area (TPSA) is 103 Å². The summed E-state index contributed by atoms with van der Waals surface area (Å²) in [6, 6.07) is 7.62. The Morgan fingerprint density at radius 3 is 2.81 bits per heavy atom. The molecule has 1 amide bonds. The monoisotopic (exact) mass is 374 g/mol. The lowest BCUT2D eigenvalue weighted by Gasteiger charge is -2.10. The van der Waals surface area contributed by atoms with Crippen LogP contribution in [0.2, 0.25) is 0 Å². The van der Waals surface area contributed by atoms with Crippen molar-refractivity contribution in [1.82, 2.24) is 19.3 Å². The van der Waals surface area contributed by atoms with E-state index >= 15 is 0 Å². The van der Waals surface area contributed by atoms with Gasteiger partial charge >= 0.3 is 0 Å². The van der Waals surface area contributed by atoms with Crippen molar-refractivity contribution in [2.75, 3.05) is 6.61 Å². The number of carbonyl (C=O) groups excluding carboxylic acids is 1. The van der Waals surface area contributed by atoms with Gasteiger partial charge in [0.05, 0.1) is 17.6 Å². The third-order valence-electron chi connectivity index (χ3n) is 3.90. The maximum absolute atomic E-state index is 12.6. The minimum atomic E-state index is -4.13. The highest BCUT2D eigenvalue weighted by Gasteiger charge is 2.24. The second-order valence-corrected chi connectivity index (χ2v) is 7.25. The number of fused-ring (bicyclic) bond motifs is 1. The summed E-state index contributed by atoms with van der Waals surface area (Å²) in [6.07, 6.45) is 1.42. The fourth-order valence-corrected chi connectivity index (χ4v) is 3.58. The van der Waals surface area contributed by atoms with E-state index in [-0.39, 0.29) is 22.9 Å². The van der Waals surface area contributed by atoms with Gasteiger partial charge in [0.15, 0.2) is 0 Å². The number of aromatic nitrogens is 3. The number of sulfonamides is 1. The minimum Gasteiger partial charge on any atom is -0.477 e. The van der Waals surface area contributed by atoms with E-state index in [9.17, 15) is 13.2 Å². The standard InChI is InChI=1S/C17H18N4O4S/c1-4-25-17-15(6-5-9-18-17)26(23,24)20-16(22)12-7-8-13-14(10-12)21(3)11(2)19-13/h5-10H,4H2,1-3H3,(H,20,22). The second kappa shape index (κ2) is 6.75. The van der Waals surface area contributed by atoms with Gasteiger partial charge in [-0.15, -0.1) is 0 Å². The summed E-state index contributed by atoms with van der Waals surface area (Å²) in [7, 11) is -2.30. The van der Waals surface area contributed by atoms with E-state index in [0.717, 1.165) is 16.9 Å². The zero-order valence-corrected chi connectivity index (χ0v) is 15.4. The van der Waals surface area contributed by atoms with Crippen LogP contribution in [0.5, 0.6) is 5.88 Å². The summed E-state index contributed by atoms with van der Waals surface area (Å²) < 4.78 is 34.3. The molecule has 0 saturated carbocycles. The molecule has 0 fully saturated rings. The maximum Gasteiger partial charge on any atom is 0.269 e. The van der Waals surface area contributed by atoms with Gasteiger partial charge in [0.25, 0.3) is 15.9 Å². The highest BCUT2D eigenvalue weighted by molar-refractivity contribution is 7.90. The Hall–Kier alpha value is -2.94. The number of hydrogen-bond donors (Lipinski definition) is 1. The molecule has 0 aliphatic carbocycles. The Labute approximate surface area is 150 Å². The summed E-state index contributed by atoms with van der Waals surface area (Å²) in [5.41, 5.74) is 1.69. The van der Waals surface area contributed by atoms with Crippen molar-refractivity contribution in [3.63, 3.8) is 0 Å². The Bertz CT molecular complexity index is 1090. The van der Waals surface area contributed by atoms with Crippen LogP contribution in [-0.4, -0.2) is 35.5 Å². The molecule has 2 aromatic heterocycles. The Morgan fingerprint density at radius 1 is 1.31 bits per heavy atom. The van der Waals surface area contributed by atoms with Crippen molar-refractivity contribution >= 4 is 27.0 Å². The predicted octanol–water partition coefficient (Wildman–Crippen LogP) is 1.79. The van der Waals surface area contributed by atoms with E-state index in [4.69, 9.17) is 4.74 Å². The van der Waals surface area contributed by atoms with Gasteiger partial charge in [0, 0.05) is 18.8 Å². The lowest BCUT2D eigenvalue weighted by molar-refractivity contribution is 0.0981. The highest BCUT2D eigenvalue weighted by Crippen LogP contribution is 2.21. The van der Waals surface area contributed by atoms with Crippen LogP contribution in [0.25, 0.3) is 11.0 Å². The fourth-order valence-electron chi connectivity index (χ4n) is 2.51. The number of ether oxygens (including phenoxy) is 1. The number of rotatable bonds is 5. The minimum absolute atomic E-state index is 0.0481. The summed E-state index contributed by atoms with van der Waals surface area (Å²) in [5.74, 6) is 0.00645. The first-order valence-corrected chi connectivity index (χ1v) is 9.40. The molecule has 1 N–H and O–H groups in total. The maximum atomic E-state index is 12.6. The first-order chi connectivity index (χ1) is 12.3. The van der Waals surface area contributed by atoms with Gasteiger partial charge in [-0.2, -0.15) is 0 Å². The van der Waals surface area contributed by atoms with Crippen molar-refractivity contribution in [3.05, 3.63) is 47.9 Å². The van der Waals surface area contributed by atoms with Crippen LogP contribution in [0, 0.1) is 6.92 Å². The van der Waals surface area contributed by atoms with Gasteiger partial charge in [-0.1, -0.05) is 0 Å². The predicted molar refractivity (Wildman–Crippen MR) is 95.5 cm³/mol. The molecule has 0 aliphatic heterocycles. The number of nitrogens with zero attached hydrogens (tertiary/aromatic N) is 3. The number of imidazole rings is 1. The number of benzene rings is 1. The van der Waals surface area contributed by atoms with Crippen LogP contribution in [-0.2, 0) is 17.1 Å². The molecule has 26 heavy (non-hydrogen) atoms. The Kier molecular flexibility index (Phi) is 4.64. The Balaban J connectivity index is 1.93. The largest absolute Gasteiger partial charge is 0.477 e. The zero-order valence-electron chi connectivity index (χ0n) is 14.6. The molecule has 1 aromatic carbocycles. The van der Waals surface area contributed by atoms with Gasteiger partial charge in [-0.3, -0.25) is 4.79 Å². The molecule has 9 heteroatoms. The quantitative estimate of drug-likeness (QED) is 0.730. The summed E-state index contributed by atoms with van der Waals surface area (Å²) in [5, 5.41) is 0. The van der Waals surface area contributed by atoms with Crippen LogP contribution in [0.1, 0.15) is 23.1 Å². The summed E-state index contributed by atoms with van der Waals surface area (Å²) in [6.45, 7) is 3.82. The van der Waals surface area contributed by atoms with Gasteiger partial charge in [-0.05, 0) is 44.2 Å². The van der Waals surface area contributed by atoms with E-state index in [1.807, 2.05) is 18.5 Å². The van der Waals surface area contributed by atoms with Crippen LogP contribution in [0.15, 0.2) is 41.4 Å². The second-order valence-electron chi connectivity index (χ2n) is 5.60. The van der Waals surface area contributed by atoms with E-state index in [1.165, 1.54) is 24.4 Å². The molecule has 3 rings (SSSR count). The van der Waals surface area contributed by atoms with Gasteiger partial charge in [0.2, 0.25) is 5.88 Å². The molecule has 0 saturated heterocycles. The van der Waals surface area contributed by atoms with E-state index in [2.05, 4.69) is 14.7 Å². The average molecular weight is 374 g/mol. The number of aryl methyl sites for hydroxylation is 2. The van der Waals surface area contributed by atoms with Gasteiger partial charge in [-0.25, -0.2) is 23.1 Å². The molecule has 8 nitrogen and oxygen atoms in total. The molecule has 136 valence electrons. The number of carbonyl (C=O) groups is 1. The summed E-state index contributed by atoms with van der Waals surface area (Å²) >= 11 is 0. The molecule has 0 atom stereocenters. The summed E-state index contributed by atoms with van der Waals surface area (Å²) in [4.78, 5) is 20.6. The molecule has 2 heterocycles. The smallest absolute Gasteiger partial charge is 0.269 e. The highest BCUT2D eigenvalue weighted by atomic mass is 32.2. The van der Waals surface area contributed by atoms with Gasteiger partial charge < -0.3 is 9.30 Å². The lowest BCUT2D eigenvalue weighted by Crippen LogP contribution is -2.31. The normalized spacial score (nSPS) is 11.5. The molecule has 0 radical (unpaired) electrons. The van der Waals surface area contributed by atoms with Crippen LogP contribution in [0.3, 0.4) is 0 Å². The molecule has 0 aliphatic rings. The van der Waals surface area contributed by atoms with Gasteiger partial charge in [0.1, 0.15) is 10.7 Å². The first kappa shape index (κ1) is 17.9. The van der Waals surface area contributed by atoms with Crippen molar-refractivity contribution < 1.29 is 17.9 Å². The molecule has 0 spiro atoms. The number of hydrogen-bond acceptors (Lipinski definition) is 6. The number of nitrogens with one attached hydrogen (secondary N) is 1. The Morgan fingerprint density at radius 2 is 2.08 bits per heavy atom. The van der Waals surface area contributed by atoms with Crippen LogP contribution < -0.4 is 9.46 Å². The third-order valence-corrected chi connectivity index (χ3v) is 5.24. The van der Waals surface area contributed by atoms with E-state index in [0.29, 0.717) is 0 Å². The van der Waals surface area contributed by atoms with E-state index < -0.39 is 15.9 Å². The molecule has 3 aromatic rings. The molecular formula is C17H18N4O4S. The third kappa shape index (κ3) is 3.25. The average Bonchev–Trinajstić information content (AvgIpc) is 2.89. The fraction of sp³-hybridized carbons (Fsp3) is 0.235. The number of amides is 1. The van der Waals surface area contributed by atoms with Crippen molar-refractivity contribution in [3.8, 4) is 5.88 Å². The van der Waals surface area contributed by atoms with E-state index in [1.54, 1.807) is 19.1 Å².